The van der Waals surface area contributed by atoms with E-state index in [-0.39, 0.29) is 18.7 Å². The predicted molar refractivity (Wildman–Crippen MR) is 94.9 cm³/mol. The number of ether oxygens (including phenoxy) is 2. The monoisotopic (exact) mass is 353 g/mol. The van der Waals surface area contributed by atoms with Crippen molar-refractivity contribution in [2.24, 2.45) is 5.92 Å². The third-order valence-corrected chi connectivity index (χ3v) is 4.67. The molecule has 7 heteroatoms. The number of piperidine rings is 1. The molecule has 1 saturated heterocycles. The quantitative estimate of drug-likeness (QED) is 0.464. The lowest BCUT2D eigenvalue weighted by Gasteiger charge is -2.36. The first-order valence-electron chi connectivity index (χ1n) is 8.40. The van der Waals surface area contributed by atoms with E-state index in [1.54, 1.807) is 6.82 Å². The molecule has 5 nitrogen and oxygen atoms in total. The van der Waals surface area contributed by atoms with Gasteiger partial charge in [0.1, 0.15) is 6.61 Å². The molecule has 2 rings (SSSR count). The Kier molecular flexibility index (Phi) is 7.56. The van der Waals surface area contributed by atoms with Gasteiger partial charge in [-0.3, -0.25) is 4.79 Å². The molecular formula is C17H25BClNO4. The van der Waals surface area contributed by atoms with Crippen LogP contribution >= 0.6 is 11.6 Å². The molecule has 1 atom stereocenters. The topological polar surface area (TPSA) is 59.0 Å². The molecule has 1 fully saturated rings. The van der Waals surface area contributed by atoms with E-state index in [0.29, 0.717) is 17.5 Å². The Hall–Kier alpha value is -1.08. The second-order valence-corrected chi connectivity index (χ2v) is 6.62. The van der Waals surface area contributed by atoms with E-state index < -0.39 is 7.05 Å². The highest BCUT2D eigenvalue weighted by molar-refractivity contribution is 6.45. The van der Waals surface area contributed by atoms with Crippen molar-refractivity contribution >= 4 is 24.6 Å². The van der Waals surface area contributed by atoms with E-state index in [4.69, 9.17) is 21.1 Å². The summed E-state index contributed by atoms with van der Waals surface area (Å²) < 4.78 is 11.0. The van der Waals surface area contributed by atoms with Crippen LogP contribution in [0.4, 0.5) is 0 Å². The molecule has 1 aliphatic heterocycles. The van der Waals surface area contributed by atoms with E-state index in [0.717, 1.165) is 31.5 Å². The fourth-order valence-corrected chi connectivity index (χ4v) is 3.24. The van der Waals surface area contributed by atoms with Crippen LogP contribution < -0.4 is 0 Å². The molecule has 1 heterocycles. The zero-order chi connectivity index (χ0) is 17.5. The fourth-order valence-electron chi connectivity index (χ4n) is 3.11. The molecule has 0 amide bonds. The van der Waals surface area contributed by atoms with Gasteiger partial charge in [0.05, 0.1) is 12.7 Å². The molecule has 1 aromatic rings. The van der Waals surface area contributed by atoms with Crippen LogP contribution in [0.2, 0.25) is 11.8 Å². The number of hydrogen-bond donors (Lipinski definition) is 1. The lowest BCUT2D eigenvalue weighted by molar-refractivity contribution is -0.143. The number of carbonyl (C=O) groups is 1. The molecule has 0 spiro atoms. The van der Waals surface area contributed by atoms with Gasteiger partial charge in [0.25, 0.3) is 0 Å². The summed E-state index contributed by atoms with van der Waals surface area (Å²) in [4.78, 5) is 12.9. The molecule has 0 radical (unpaired) electrons. The van der Waals surface area contributed by atoms with Gasteiger partial charge in [-0.25, -0.2) is 0 Å². The van der Waals surface area contributed by atoms with Crippen LogP contribution in [0.15, 0.2) is 24.3 Å². The van der Waals surface area contributed by atoms with Crippen molar-refractivity contribution in [1.29, 1.82) is 0 Å². The molecule has 1 aliphatic rings. The maximum absolute atomic E-state index is 10.9. The van der Waals surface area contributed by atoms with Crippen molar-refractivity contribution in [3.05, 3.63) is 34.9 Å². The first-order valence-corrected chi connectivity index (χ1v) is 8.77. The van der Waals surface area contributed by atoms with Gasteiger partial charge in [-0.1, -0.05) is 23.7 Å². The highest BCUT2D eigenvalue weighted by Gasteiger charge is 2.30. The molecule has 0 saturated carbocycles. The Bertz CT molecular complexity index is 518. The number of nitrogens with zero attached hydrogens (tertiary/aromatic N) is 1. The van der Waals surface area contributed by atoms with E-state index in [1.165, 1.54) is 6.92 Å². The number of halogens is 1. The minimum Gasteiger partial charge on any atom is -0.463 e. The van der Waals surface area contributed by atoms with Crippen LogP contribution in [0.25, 0.3) is 0 Å². The molecule has 0 aliphatic carbocycles. The first-order chi connectivity index (χ1) is 11.5. The van der Waals surface area contributed by atoms with Crippen LogP contribution in [-0.4, -0.2) is 49.2 Å². The van der Waals surface area contributed by atoms with Gasteiger partial charge in [0.15, 0.2) is 0 Å². The predicted octanol–water partition coefficient (Wildman–Crippen LogP) is 2.78. The second-order valence-electron chi connectivity index (χ2n) is 6.19. The zero-order valence-corrected chi connectivity index (χ0v) is 15.0. The minimum atomic E-state index is -0.412. The highest BCUT2D eigenvalue weighted by Crippen LogP contribution is 2.34. The standard InChI is InChI=1S/C17H25BClNO4/c1-13(21)23-11-12-24-17(14-3-5-16(19)6-4-14)15-7-9-20(10-8-15)18(2)22/h3-6,15,17,22H,7-12H2,1-2H3. The summed E-state index contributed by atoms with van der Waals surface area (Å²) in [6.07, 6.45) is 1.84. The van der Waals surface area contributed by atoms with Gasteiger partial charge in [-0.2, -0.15) is 0 Å². The Morgan fingerprint density at radius 2 is 1.96 bits per heavy atom. The van der Waals surface area contributed by atoms with Crippen molar-refractivity contribution in [3.63, 3.8) is 0 Å². The van der Waals surface area contributed by atoms with Gasteiger partial charge in [0.2, 0.25) is 0 Å². The summed E-state index contributed by atoms with van der Waals surface area (Å²) in [6, 6.07) is 7.70. The maximum atomic E-state index is 10.9. The summed E-state index contributed by atoms with van der Waals surface area (Å²) in [5, 5.41) is 10.4. The van der Waals surface area contributed by atoms with Crippen LogP contribution in [0.3, 0.4) is 0 Å². The molecule has 1 unspecified atom stereocenters. The van der Waals surface area contributed by atoms with Crippen LogP contribution in [0.5, 0.6) is 0 Å². The smallest absolute Gasteiger partial charge is 0.376 e. The van der Waals surface area contributed by atoms with Crippen molar-refractivity contribution in [1.82, 2.24) is 4.81 Å². The second kappa shape index (κ2) is 9.42. The van der Waals surface area contributed by atoms with Crippen molar-refractivity contribution in [2.75, 3.05) is 26.3 Å². The van der Waals surface area contributed by atoms with Crippen molar-refractivity contribution in [2.45, 2.75) is 32.7 Å². The lowest BCUT2D eigenvalue weighted by Crippen LogP contribution is -2.44. The zero-order valence-electron chi connectivity index (χ0n) is 14.3. The van der Waals surface area contributed by atoms with E-state index in [9.17, 15) is 9.82 Å². The summed E-state index contributed by atoms with van der Waals surface area (Å²) in [5.74, 6) is 0.0605. The Morgan fingerprint density at radius 3 is 2.50 bits per heavy atom. The van der Waals surface area contributed by atoms with Crippen LogP contribution in [0.1, 0.15) is 31.4 Å². The number of benzene rings is 1. The van der Waals surface area contributed by atoms with E-state index >= 15 is 0 Å². The third kappa shape index (κ3) is 5.78. The number of esters is 1. The molecule has 1 aromatic carbocycles. The van der Waals surface area contributed by atoms with E-state index in [2.05, 4.69) is 4.81 Å². The molecule has 0 aromatic heterocycles. The minimum absolute atomic E-state index is 0.0611. The first kappa shape index (κ1) is 19.3. The summed E-state index contributed by atoms with van der Waals surface area (Å²) in [6.45, 7) is 5.50. The van der Waals surface area contributed by atoms with Crippen molar-refractivity contribution in [3.8, 4) is 0 Å². The summed E-state index contributed by atoms with van der Waals surface area (Å²) in [7, 11) is -0.412. The summed E-state index contributed by atoms with van der Waals surface area (Å²) >= 11 is 5.98. The van der Waals surface area contributed by atoms with Gasteiger partial charge < -0.3 is 19.3 Å². The van der Waals surface area contributed by atoms with E-state index in [1.807, 2.05) is 24.3 Å². The third-order valence-electron chi connectivity index (χ3n) is 4.42. The van der Waals surface area contributed by atoms with Crippen LogP contribution in [-0.2, 0) is 14.3 Å². The molecule has 1 N–H and O–H groups in total. The number of rotatable bonds is 7. The number of carbonyl (C=O) groups excluding carboxylic acids is 1. The van der Waals surface area contributed by atoms with Gasteiger partial charge in [-0.05, 0) is 56.4 Å². The Labute approximate surface area is 149 Å². The molecule has 132 valence electrons. The van der Waals surface area contributed by atoms with Crippen LogP contribution in [0, 0.1) is 5.92 Å². The lowest BCUT2D eigenvalue weighted by atomic mass is 9.79. The average Bonchev–Trinajstić information content (AvgIpc) is 2.56. The highest BCUT2D eigenvalue weighted by atomic mass is 35.5. The molecule has 24 heavy (non-hydrogen) atoms. The Morgan fingerprint density at radius 1 is 1.33 bits per heavy atom. The molecule has 0 bridgehead atoms. The normalized spacial score (nSPS) is 17.5. The maximum Gasteiger partial charge on any atom is 0.376 e. The largest absolute Gasteiger partial charge is 0.463 e. The summed E-state index contributed by atoms with van der Waals surface area (Å²) in [5.41, 5.74) is 1.08. The average molecular weight is 354 g/mol. The van der Waals surface area contributed by atoms with Gasteiger partial charge in [-0.15, -0.1) is 0 Å². The Balaban J connectivity index is 1.99. The number of hydrogen-bond acceptors (Lipinski definition) is 5. The van der Waals surface area contributed by atoms with Gasteiger partial charge >= 0.3 is 13.0 Å². The molecular weight excluding hydrogens is 328 g/mol. The van der Waals surface area contributed by atoms with Gasteiger partial charge in [0, 0.05) is 11.9 Å². The van der Waals surface area contributed by atoms with Crippen molar-refractivity contribution < 1.29 is 19.3 Å². The fraction of sp³-hybridized carbons (Fsp3) is 0.588. The SMILES string of the molecule is CB(O)N1CCC(C(OCCOC(C)=O)c2ccc(Cl)cc2)CC1.